The summed E-state index contributed by atoms with van der Waals surface area (Å²) < 4.78 is 95.8. The number of carbonyl (C=O) groups is 1. The summed E-state index contributed by atoms with van der Waals surface area (Å²) in [6, 6.07) is 11.2. The second kappa shape index (κ2) is 11.9. The number of rotatable bonds is 10. The summed E-state index contributed by atoms with van der Waals surface area (Å²) in [4.78, 5) is 17.1. The molecule has 3 heterocycles. The van der Waals surface area contributed by atoms with E-state index in [1.807, 2.05) is 19.9 Å². The van der Waals surface area contributed by atoms with Crippen molar-refractivity contribution in [3.05, 3.63) is 89.8 Å². The fourth-order valence-corrected chi connectivity index (χ4v) is 4.31. The van der Waals surface area contributed by atoms with Gasteiger partial charge in [-0.05, 0) is 61.9 Å². The second-order valence-electron chi connectivity index (χ2n) is 9.43. The topological polar surface area (TPSA) is 95.6 Å². The molecular weight excluding hydrogens is 594 g/mol. The zero-order valence-electron chi connectivity index (χ0n) is 23.2. The van der Waals surface area contributed by atoms with Crippen molar-refractivity contribution in [2.24, 2.45) is 0 Å². The zero-order valence-corrected chi connectivity index (χ0v) is 23.2. The molecule has 0 aliphatic carbocycles. The fraction of sp³-hybridized carbons (Fsp3) is 0.241. The predicted octanol–water partition coefficient (Wildman–Crippen LogP) is 6.48. The lowest BCUT2D eigenvalue weighted by Gasteiger charge is -2.21. The first-order valence-electron chi connectivity index (χ1n) is 13.2. The van der Waals surface area contributed by atoms with Crippen LogP contribution in [0.15, 0.2) is 67.0 Å². The Labute approximate surface area is 246 Å². The summed E-state index contributed by atoms with van der Waals surface area (Å²) in [6.07, 6.45) is -3.14. The highest BCUT2D eigenvalue weighted by Gasteiger charge is 2.60. The lowest BCUT2D eigenvalue weighted by atomic mass is 10.1. The number of nitrogens with one attached hydrogen (secondary N) is 1. The molecule has 1 amide bonds. The van der Waals surface area contributed by atoms with E-state index in [-0.39, 0.29) is 21.5 Å². The Bertz CT molecular complexity index is 1800. The van der Waals surface area contributed by atoms with Gasteiger partial charge in [0.1, 0.15) is 11.5 Å². The highest BCUT2D eigenvalue weighted by Crippen LogP contribution is 2.44. The van der Waals surface area contributed by atoms with Crippen LogP contribution in [0.1, 0.15) is 35.6 Å². The van der Waals surface area contributed by atoms with Crippen molar-refractivity contribution in [2.45, 2.75) is 32.5 Å². The quantitative estimate of drug-likeness (QED) is 0.180. The minimum absolute atomic E-state index is 0.0775. The molecule has 1 N–H and O–H groups in total. The summed E-state index contributed by atoms with van der Waals surface area (Å²) in [5, 5.41) is 10.4. The van der Waals surface area contributed by atoms with Crippen LogP contribution < -0.4 is 14.8 Å². The molecule has 0 aliphatic heterocycles. The number of carbonyl (C=O) groups excluding carboxylic acids is 1. The number of hydrogen-bond donors (Lipinski definition) is 1. The first kappa shape index (κ1) is 30.4. The number of halogens is 6. The van der Waals surface area contributed by atoms with Gasteiger partial charge in [-0.25, -0.2) is 13.9 Å². The van der Waals surface area contributed by atoms with Gasteiger partial charge in [0.2, 0.25) is 0 Å². The molecule has 5 aromatic rings. The third-order valence-corrected chi connectivity index (χ3v) is 6.32. The Hall–Kier alpha value is -5.08. The van der Waals surface area contributed by atoms with Gasteiger partial charge < -0.3 is 14.8 Å². The van der Waals surface area contributed by atoms with E-state index in [4.69, 9.17) is 9.47 Å². The van der Waals surface area contributed by atoms with Gasteiger partial charge in [0.25, 0.3) is 5.91 Å². The summed E-state index contributed by atoms with van der Waals surface area (Å²) >= 11 is 0. The van der Waals surface area contributed by atoms with E-state index in [9.17, 15) is 31.1 Å². The maximum atomic E-state index is 14.6. The molecule has 0 aliphatic rings. The Morgan fingerprint density at radius 1 is 0.932 bits per heavy atom. The zero-order chi connectivity index (χ0) is 31.6. The Morgan fingerprint density at radius 3 is 2.32 bits per heavy atom. The number of anilines is 1. The molecule has 0 fully saturated rings. The normalized spacial score (nSPS) is 12.0. The molecule has 0 saturated heterocycles. The first-order valence-corrected chi connectivity index (χ1v) is 13.2. The summed E-state index contributed by atoms with van der Waals surface area (Å²) in [7, 11) is 0. The molecule has 0 atom stereocenters. The van der Waals surface area contributed by atoms with Crippen molar-refractivity contribution in [3.8, 4) is 22.8 Å². The molecule has 2 aromatic carbocycles. The summed E-state index contributed by atoms with van der Waals surface area (Å²) in [5.74, 6) is -5.75. The van der Waals surface area contributed by atoms with Crippen molar-refractivity contribution in [1.29, 1.82) is 0 Å². The van der Waals surface area contributed by atoms with E-state index in [1.165, 1.54) is 29.2 Å². The molecule has 3 aromatic heterocycles. The molecule has 230 valence electrons. The highest BCUT2D eigenvalue weighted by molar-refractivity contribution is 6.03. The van der Waals surface area contributed by atoms with E-state index >= 15 is 0 Å². The monoisotopic (exact) mass is 618 g/mol. The minimum Gasteiger partial charge on any atom is -0.490 e. The molecule has 5 rings (SSSR count). The predicted molar refractivity (Wildman–Crippen MR) is 146 cm³/mol. The maximum absolute atomic E-state index is 14.6. The largest absolute Gasteiger partial charge is 0.490 e. The standard InChI is InChI=1S/C29H24F6N6O3/c1-3-43-23-10-5-17(11-24(23)44-4-2)15-40-16-20(14-36-40)37-27(42)22-13-26-38-21(18-6-8-19(30)9-7-18)12-25(41(26)39-22)28(31,32)29(33,34)35/h5-14,16H,3-4,15H2,1-2H3,(H,37,42). The van der Waals surface area contributed by atoms with Crippen LogP contribution in [0.2, 0.25) is 0 Å². The average molecular weight is 619 g/mol. The molecule has 0 radical (unpaired) electrons. The Morgan fingerprint density at radius 2 is 1.64 bits per heavy atom. The van der Waals surface area contributed by atoms with Crippen molar-refractivity contribution >= 4 is 17.2 Å². The Balaban J connectivity index is 1.41. The SMILES string of the molecule is CCOc1ccc(Cn2cc(NC(=O)c3cc4nc(-c5ccc(F)cc5)cc(C(F)(F)C(F)(F)F)n4n3)cn2)cc1OCC. The van der Waals surface area contributed by atoms with Crippen molar-refractivity contribution in [2.75, 3.05) is 18.5 Å². The van der Waals surface area contributed by atoms with E-state index in [2.05, 4.69) is 20.5 Å². The van der Waals surface area contributed by atoms with Gasteiger partial charge in [-0.1, -0.05) is 6.07 Å². The van der Waals surface area contributed by atoms with E-state index in [0.717, 1.165) is 23.8 Å². The van der Waals surface area contributed by atoms with Gasteiger partial charge in [-0.3, -0.25) is 9.48 Å². The number of aromatic nitrogens is 5. The minimum atomic E-state index is -5.98. The van der Waals surface area contributed by atoms with Crippen LogP contribution in [0.25, 0.3) is 16.9 Å². The van der Waals surface area contributed by atoms with Gasteiger partial charge in [0.05, 0.1) is 37.3 Å². The number of fused-ring (bicyclic) bond motifs is 1. The van der Waals surface area contributed by atoms with Crippen LogP contribution in [0, 0.1) is 5.82 Å². The molecule has 44 heavy (non-hydrogen) atoms. The van der Waals surface area contributed by atoms with E-state index in [0.29, 0.717) is 37.3 Å². The number of ether oxygens (including phenoxy) is 2. The molecule has 0 saturated carbocycles. The van der Waals surface area contributed by atoms with Gasteiger partial charge in [-0.2, -0.15) is 32.1 Å². The molecule has 0 spiro atoms. The van der Waals surface area contributed by atoms with Crippen LogP contribution in [0.5, 0.6) is 11.5 Å². The molecule has 0 unspecified atom stereocenters. The molecule has 15 heteroatoms. The Kier molecular flexibility index (Phi) is 8.21. The first-order chi connectivity index (χ1) is 20.9. The van der Waals surface area contributed by atoms with Crippen LogP contribution in [-0.2, 0) is 12.5 Å². The van der Waals surface area contributed by atoms with Gasteiger partial charge in [-0.15, -0.1) is 0 Å². The maximum Gasteiger partial charge on any atom is 0.459 e. The fourth-order valence-electron chi connectivity index (χ4n) is 4.31. The lowest BCUT2D eigenvalue weighted by molar-refractivity contribution is -0.291. The van der Waals surface area contributed by atoms with Crippen molar-refractivity contribution < 1.29 is 40.6 Å². The number of amides is 1. The van der Waals surface area contributed by atoms with Crippen LogP contribution in [-0.4, -0.2) is 49.7 Å². The number of alkyl halides is 5. The highest BCUT2D eigenvalue weighted by atomic mass is 19.4. The molecule has 9 nitrogen and oxygen atoms in total. The lowest BCUT2D eigenvalue weighted by Crippen LogP contribution is -2.36. The summed E-state index contributed by atoms with van der Waals surface area (Å²) in [6.45, 7) is 4.89. The van der Waals surface area contributed by atoms with Crippen molar-refractivity contribution in [1.82, 2.24) is 24.4 Å². The smallest absolute Gasteiger partial charge is 0.459 e. The van der Waals surface area contributed by atoms with Gasteiger partial charge in [0, 0.05) is 17.8 Å². The van der Waals surface area contributed by atoms with Crippen LogP contribution >= 0.6 is 0 Å². The van der Waals surface area contributed by atoms with Crippen molar-refractivity contribution in [3.63, 3.8) is 0 Å². The average Bonchev–Trinajstić information content (AvgIpc) is 3.60. The number of hydrogen-bond acceptors (Lipinski definition) is 6. The number of nitrogens with zero attached hydrogens (tertiary/aromatic N) is 5. The second-order valence-corrected chi connectivity index (χ2v) is 9.43. The summed E-state index contributed by atoms with van der Waals surface area (Å²) in [5.41, 5.74) is -1.69. The van der Waals surface area contributed by atoms with Gasteiger partial charge >= 0.3 is 12.1 Å². The number of benzene rings is 2. The van der Waals surface area contributed by atoms with Crippen LogP contribution in [0.3, 0.4) is 0 Å². The van der Waals surface area contributed by atoms with Crippen LogP contribution in [0.4, 0.5) is 32.0 Å². The molecule has 0 bridgehead atoms. The third-order valence-electron chi connectivity index (χ3n) is 6.32. The molecular formula is C29H24F6N6O3. The van der Waals surface area contributed by atoms with Gasteiger partial charge in [0.15, 0.2) is 22.8 Å². The van der Waals surface area contributed by atoms with E-state index < -0.39 is 40.9 Å². The third kappa shape index (κ3) is 6.16. The van der Waals surface area contributed by atoms with E-state index in [1.54, 1.807) is 12.1 Å².